The lowest BCUT2D eigenvalue weighted by Crippen LogP contribution is -2.39. The van der Waals surface area contributed by atoms with E-state index >= 15 is 0 Å². The first-order valence-corrected chi connectivity index (χ1v) is 9.08. The predicted molar refractivity (Wildman–Crippen MR) is 98.7 cm³/mol. The number of carbonyl (C=O) groups excluding carboxylic acids is 1. The van der Waals surface area contributed by atoms with Crippen molar-refractivity contribution in [2.24, 2.45) is 10.8 Å². The highest BCUT2D eigenvalue weighted by Crippen LogP contribution is 2.52. The second-order valence-corrected chi connectivity index (χ2v) is 8.84. The van der Waals surface area contributed by atoms with Crippen molar-refractivity contribution in [3.05, 3.63) is 46.5 Å². The van der Waals surface area contributed by atoms with Gasteiger partial charge < -0.3 is 9.88 Å². The fraction of sp³-hybridized carbons (Fsp3) is 0.500. The fourth-order valence-electron chi connectivity index (χ4n) is 5.03. The summed E-state index contributed by atoms with van der Waals surface area (Å²) in [6.45, 7) is 7.49. The molecule has 0 unspecified atom stereocenters. The number of aromatic amines is 1. The molecule has 2 aliphatic rings. The quantitative estimate of drug-likeness (QED) is 0.901. The van der Waals surface area contributed by atoms with Crippen LogP contribution in [0, 0.1) is 10.8 Å². The number of amides is 1. The van der Waals surface area contributed by atoms with Crippen LogP contribution < -0.4 is 5.56 Å². The molecule has 136 valence electrons. The number of likely N-dealkylation sites (tertiary alicyclic amines) is 1. The van der Waals surface area contributed by atoms with Crippen molar-refractivity contribution in [3.8, 4) is 11.5 Å². The predicted octanol–water partition coefficient (Wildman–Crippen LogP) is 2.87. The van der Waals surface area contributed by atoms with Crippen molar-refractivity contribution in [2.75, 3.05) is 6.54 Å². The van der Waals surface area contributed by atoms with Crippen LogP contribution in [0.5, 0.6) is 0 Å². The van der Waals surface area contributed by atoms with E-state index in [1.54, 1.807) is 18.3 Å². The van der Waals surface area contributed by atoms with E-state index in [9.17, 15) is 9.59 Å². The van der Waals surface area contributed by atoms with Crippen LogP contribution in [0.2, 0.25) is 0 Å². The standard InChI is InChI=1S/C20H24N4O2/c1-19(2)8-13-9-20(3,11-19)12-24(13)18(26)14-10-22-16(23-17(14)25)15-6-4-5-7-21-15/h4-7,10,13H,8-9,11-12H2,1-3H3,(H,22,23,25)/t13-,20-/m1/s1. The molecule has 2 atom stereocenters. The largest absolute Gasteiger partial charge is 0.335 e. The molecule has 2 bridgehead atoms. The Balaban J connectivity index is 1.63. The summed E-state index contributed by atoms with van der Waals surface area (Å²) < 4.78 is 0. The maximum Gasteiger partial charge on any atom is 0.264 e. The van der Waals surface area contributed by atoms with Gasteiger partial charge in [-0.25, -0.2) is 4.98 Å². The number of hydrogen-bond acceptors (Lipinski definition) is 4. The summed E-state index contributed by atoms with van der Waals surface area (Å²) in [6, 6.07) is 5.60. The Morgan fingerprint density at radius 1 is 1.23 bits per heavy atom. The molecule has 1 N–H and O–H groups in total. The number of carbonyl (C=O) groups is 1. The zero-order chi connectivity index (χ0) is 18.5. The summed E-state index contributed by atoms with van der Waals surface area (Å²) in [5.74, 6) is 0.165. The molecule has 4 rings (SSSR count). The monoisotopic (exact) mass is 352 g/mol. The minimum atomic E-state index is -0.406. The lowest BCUT2D eigenvalue weighted by molar-refractivity contribution is 0.0706. The van der Waals surface area contributed by atoms with Gasteiger partial charge in [0.05, 0.1) is 0 Å². The van der Waals surface area contributed by atoms with Crippen molar-refractivity contribution in [2.45, 2.75) is 46.1 Å². The van der Waals surface area contributed by atoms with E-state index in [4.69, 9.17) is 0 Å². The number of aromatic nitrogens is 3. The maximum absolute atomic E-state index is 13.1. The van der Waals surface area contributed by atoms with Crippen LogP contribution in [0.15, 0.2) is 35.4 Å². The molecule has 1 saturated carbocycles. The van der Waals surface area contributed by atoms with Gasteiger partial charge in [-0.2, -0.15) is 0 Å². The van der Waals surface area contributed by atoms with Gasteiger partial charge in [-0.1, -0.05) is 26.8 Å². The number of nitrogens with one attached hydrogen (secondary N) is 1. The maximum atomic E-state index is 13.1. The highest BCUT2D eigenvalue weighted by Gasteiger charge is 2.51. The number of nitrogens with zero attached hydrogens (tertiary/aromatic N) is 3. The second-order valence-electron chi connectivity index (χ2n) is 8.84. The third-order valence-corrected chi connectivity index (χ3v) is 5.61. The number of pyridine rings is 1. The van der Waals surface area contributed by atoms with Crippen LogP contribution in [-0.2, 0) is 0 Å². The number of hydrogen-bond donors (Lipinski definition) is 1. The molecular formula is C20H24N4O2. The smallest absolute Gasteiger partial charge is 0.264 e. The van der Waals surface area contributed by atoms with Gasteiger partial charge in [-0.05, 0) is 42.2 Å². The molecular weight excluding hydrogens is 328 g/mol. The van der Waals surface area contributed by atoms with E-state index in [2.05, 4.69) is 35.7 Å². The molecule has 2 aromatic heterocycles. The summed E-state index contributed by atoms with van der Waals surface area (Å²) in [4.78, 5) is 38.6. The van der Waals surface area contributed by atoms with Crippen LogP contribution in [0.3, 0.4) is 0 Å². The van der Waals surface area contributed by atoms with Crippen LogP contribution in [0.1, 0.15) is 50.4 Å². The van der Waals surface area contributed by atoms with Gasteiger partial charge in [0, 0.05) is 25.0 Å². The molecule has 1 saturated heterocycles. The van der Waals surface area contributed by atoms with Crippen molar-refractivity contribution in [1.29, 1.82) is 0 Å². The average molecular weight is 352 g/mol. The van der Waals surface area contributed by atoms with E-state index in [0.29, 0.717) is 18.1 Å². The highest BCUT2D eigenvalue weighted by atomic mass is 16.2. The van der Waals surface area contributed by atoms with E-state index < -0.39 is 5.56 Å². The third kappa shape index (κ3) is 2.93. The fourth-order valence-corrected chi connectivity index (χ4v) is 5.03. The second kappa shape index (κ2) is 5.76. The van der Waals surface area contributed by atoms with Gasteiger partial charge in [0.25, 0.3) is 11.5 Å². The van der Waals surface area contributed by atoms with Crippen molar-refractivity contribution >= 4 is 5.91 Å². The summed E-state index contributed by atoms with van der Waals surface area (Å²) in [5.41, 5.74) is 0.640. The molecule has 0 spiro atoms. The third-order valence-electron chi connectivity index (χ3n) is 5.61. The minimum Gasteiger partial charge on any atom is -0.335 e. The topological polar surface area (TPSA) is 79.0 Å². The minimum absolute atomic E-state index is 0.110. The first-order chi connectivity index (χ1) is 12.3. The Kier molecular flexibility index (Phi) is 3.75. The Labute approximate surface area is 152 Å². The molecule has 3 heterocycles. The molecule has 2 aromatic rings. The zero-order valence-corrected chi connectivity index (χ0v) is 15.5. The summed E-state index contributed by atoms with van der Waals surface area (Å²) in [5, 5.41) is 0. The Bertz CT molecular complexity index is 906. The number of rotatable bonds is 2. The Morgan fingerprint density at radius 2 is 2.04 bits per heavy atom. The number of H-pyrrole nitrogens is 1. The lowest BCUT2D eigenvalue weighted by Gasteiger charge is -2.39. The average Bonchev–Trinajstić information content (AvgIpc) is 2.84. The zero-order valence-electron chi connectivity index (χ0n) is 15.5. The molecule has 0 aromatic carbocycles. The highest BCUT2D eigenvalue weighted by molar-refractivity contribution is 5.94. The Morgan fingerprint density at radius 3 is 2.73 bits per heavy atom. The van der Waals surface area contributed by atoms with Gasteiger partial charge in [0.15, 0.2) is 5.82 Å². The summed E-state index contributed by atoms with van der Waals surface area (Å²) >= 11 is 0. The first kappa shape index (κ1) is 16.9. The van der Waals surface area contributed by atoms with E-state index in [-0.39, 0.29) is 28.3 Å². The van der Waals surface area contributed by atoms with Crippen LogP contribution in [0.25, 0.3) is 11.5 Å². The number of fused-ring (bicyclic) bond motifs is 2. The van der Waals surface area contributed by atoms with Crippen molar-refractivity contribution < 1.29 is 4.79 Å². The molecule has 1 aliphatic carbocycles. The van der Waals surface area contributed by atoms with Gasteiger partial charge in [-0.15, -0.1) is 0 Å². The molecule has 6 heteroatoms. The molecule has 1 amide bonds. The van der Waals surface area contributed by atoms with Crippen molar-refractivity contribution in [3.63, 3.8) is 0 Å². The molecule has 26 heavy (non-hydrogen) atoms. The molecule has 0 radical (unpaired) electrons. The lowest BCUT2D eigenvalue weighted by atomic mass is 9.65. The van der Waals surface area contributed by atoms with E-state index in [0.717, 1.165) is 19.3 Å². The van der Waals surface area contributed by atoms with Gasteiger partial charge in [0.2, 0.25) is 0 Å². The first-order valence-electron chi connectivity index (χ1n) is 9.08. The molecule has 6 nitrogen and oxygen atoms in total. The van der Waals surface area contributed by atoms with Gasteiger partial charge in [0.1, 0.15) is 11.3 Å². The summed E-state index contributed by atoms with van der Waals surface area (Å²) in [6.07, 6.45) is 6.13. The SMILES string of the molecule is CC1(C)C[C@@H]2C[C@@](C)(CN2C(=O)c2cnc(-c3ccccn3)[nH]c2=O)C1. The van der Waals surface area contributed by atoms with E-state index in [1.165, 1.54) is 6.20 Å². The molecule has 2 fully saturated rings. The van der Waals surface area contributed by atoms with Crippen LogP contribution in [0.4, 0.5) is 0 Å². The van der Waals surface area contributed by atoms with Gasteiger partial charge in [-0.3, -0.25) is 14.6 Å². The van der Waals surface area contributed by atoms with Crippen LogP contribution >= 0.6 is 0 Å². The molecule has 1 aliphatic heterocycles. The normalized spacial score (nSPS) is 26.7. The van der Waals surface area contributed by atoms with Crippen LogP contribution in [-0.4, -0.2) is 38.3 Å². The van der Waals surface area contributed by atoms with E-state index in [1.807, 2.05) is 11.0 Å². The van der Waals surface area contributed by atoms with Crippen molar-refractivity contribution in [1.82, 2.24) is 19.9 Å². The van der Waals surface area contributed by atoms with Gasteiger partial charge >= 0.3 is 0 Å². The Hall–Kier alpha value is -2.50. The summed E-state index contributed by atoms with van der Waals surface area (Å²) in [7, 11) is 0.